The first kappa shape index (κ1) is 10.5. The van der Waals surface area contributed by atoms with Gasteiger partial charge in [0.1, 0.15) is 0 Å². The summed E-state index contributed by atoms with van der Waals surface area (Å²) in [6, 6.07) is 0.337. The number of rotatable bonds is 3. The van der Waals surface area contributed by atoms with Crippen LogP contribution in [0.1, 0.15) is 56.8 Å². The lowest BCUT2D eigenvalue weighted by atomic mass is 10.0. The van der Waals surface area contributed by atoms with Gasteiger partial charge in [-0.3, -0.25) is 9.89 Å². The minimum atomic E-state index is 0.182. The molecule has 3 heteroatoms. The van der Waals surface area contributed by atoms with Crippen LogP contribution in [0.3, 0.4) is 0 Å². The fourth-order valence-electron chi connectivity index (χ4n) is 2.34. The third-order valence-corrected chi connectivity index (χ3v) is 3.43. The van der Waals surface area contributed by atoms with Gasteiger partial charge in [-0.1, -0.05) is 13.8 Å². The summed E-state index contributed by atoms with van der Waals surface area (Å²) in [5.41, 5.74) is 2.16. The Kier molecular flexibility index (Phi) is 2.49. The predicted molar refractivity (Wildman–Crippen MR) is 61.3 cm³/mol. The molecule has 0 saturated heterocycles. The van der Waals surface area contributed by atoms with Gasteiger partial charge in [-0.15, -0.1) is 0 Å². The molecular weight excluding hydrogens is 188 g/mol. The van der Waals surface area contributed by atoms with Crippen LogP contribution >= 0.6 is 0 Å². The van der Waals surface area contributed by atoms with Gasteiger partial charge in [0, 0.05) is 11.3 Å². The first-order chi connectivity index (χ1) is 7.02. The monoisotopic (exact) mass is 208 g/mol. The smallest absolute Gasteiger partial charge is 0.270 e. The van der Waals surface area contributed by atoms with Gasteiger partial charge in [-0.25, -0.2) is 4.68 Å². The number of nitrogens with zero attached hydrogens (tertiary/aromatic N) is 1. The molecular formula is C12H20N2O. The number of aryl methyl sites for hydroxylation is 1. The number of nitrogens with one attached hydrogen (secondary N) is 1. The Balaban J connectivity index is 2.41. The molecule has 1 aromatic rings. The second-order valence-corrected chi connectivity index (χ2v) is 5.06. The van der Waals surface area contributed by atoms with Crippen molar-refractivity contribution in [2.24, 2.45) is 5.92 Å². The summed E-state index contributed by atoms with van der Waals surface area (Å²) in [5, 5.41) is 3.22. The van der Waals surface area contributed by atoms with E-state index in [1.54, 1.807) is 0 Å². The fourth-order valence-corrected chi connectivity index (χ4v) is 2.34. The van der Waals surface area contributed by atoms with E-state index in [-0.39, 0.29) is 5.56 Å². The van der Waals surface area contributed by atoms with E-state index in [4.69, 9.17) is 0 Å². The van der Waals surface area contributed by atoms with Crippen molar-refractivity contribution in [2.75, 3.05) is 0 Å². The molecule has 3 nitrogen and oxygen atoms in total. The zero-order valence-electron chi connectivity index (χ0n) is 10.0. The minimum Gasteiger partial charge on any atom is -0.299 e. The number of aromatic nitrogens is 2. The van der Waals surface area contributed by atoms with Crippen LogP contribution in [0.25, 0.3) is 0 Å². The topological polar surface area (TPSA) is 37.8 Å². The van der Waals surface area contributed by atoms with Gasteiger partial charge in [-0.05, 0) is 38.5 Å². The molecule has 1 N–H and O–H groups in total. The van der Waals surface area contributed by atoms with Gasteiger partial charge in [0.05, 0.1) is 6.04 Å². The Bertz CT molecular complexity index is 410. The highest BCUT2D eigenvalue weighted by atomic mass is 16.1. The summed E-state index contributed by atoms with van der Waals surface area (Å²) in [6.45, 7) is 8.28. The zero-order valence-corrected chi connectivity index (χ0v) is 10.0. The van der Waals surface area contributed by atoms with Crippen LogP contribution in [0.15, 0.2) is 4.79 Å². The highest BCUT2D eigenvalue weighted by Gasteiger charge is 2.31. The van der Waals surface area contributed by atoms with Crippen molar-refractivity contribution in [2.45, 2.75) is 52.5 Å². The van der Waals surface area contributed by atoms with Crippen LogP contribution in [0.4, 0.5) is 0 Å². The molecule has 0 radical (unpaired) electrons. The Morgan fingerprint density at radius 3 is 2.33 bits per heavy atom. The van der Waals surface area contributed by atoms with Crippen LogP contribution < -0.4 is 5.56 Å². The molecule has 2 rings (SSSR count). The molecule has 1 heterocycles. The maximum absolute atomic E-state index is 12.1. The molecule has 1 aromatic heterocycles. The highest BCUT2D eigenvalue weighted by Crippen LogP contribution is 2.38. The third-order valence-electron chi connectivity index (χ3n) is 3.43. The molecule has 0 amide bonds. The lowest BCUT2D eigenvalue weighted by Gasteiger charge is -2.10. The van der Waals surface area contributed by atoms with Gasteiger partial charge < -0.3 is 0 Å². The van der Waals surface area contributed by atoms with Crippen LogP contribution in [0, 0.1) is 12.8 Å². The number of H-pyrrole nitrogens is 1. The molecule has 15 heavy (non-hydrogen) atoms. The van der Waals surface area contributed by atoms with E-state index in [1.165, 1.54) is 12.8 Å². The lowest BCUT2D eigenvalue weighted by Crippen LogP contribution is -2.24. The molecule has 1 aliphatic rings. The van der Waals surface area contributed by atoms with E-state index in [2.05, 4.69) is 25.9 Å². The van der Waals surface area contributed by atoms with Gasteiger partial charge in [0.15, 0.2) is 0 Å². The van der Waals surface area contributed by atoms with Crippen LogP contribution in [0.2, 0.25) is 0 Å². The average Bonchev–Trinajstić information content (AvgIpc) is 2.91. The maximum Gasteiger partial charge on any atom is 0.270 e. The summed E-state index contributed by atoms with van der Waals surface area (Å²) in [5.74, 6) is 1.02. The van der Waals surface area contributed by atoms with Crippen LogP contribution in [0.5, 0.6) is 0 Å². The van der Waals surface area contributed by atoms with E-state index in [1.807, 2.05) is 11.6 Å². The first-order valence-electron chi connectivity index (χ1n) is 5.83. The summed E-state index contributed by atoms with van der Waals surface area (Å²) >= 11 is 0. The number of hydrogen-bond donors (Lipinski definition) is 1. The van der Waals surface area contributed by atoms with Crippen LogP contribution in [-0.4, -0.2) is 9.78 Å². The molecule has 1 unspecified atom stereocenters. The summed E-state index contributed by atoms with van der Waals surface area (Å²) < 4.78 is 1.82. The normalized spacial score (nSPS) is 18.5. The SMILES string of the molecule is Cc1[nH]n(C(C)C2CC2)c(=O)c1C(C)C. The van der Waals surface area contributed by atoms with E-state index < -0.39 is 0 Å². The summed E-state index contributed by atoms with van der Waals surface area (Å²) in [6.07, 6.45) is 2.53. The zero-order chi connectivity index (χ0) is 11.2. The molecule has 0 aliphatic heterocycles. The predicted octanol–water partition coefficient (Wildman–Crippen LogP) is 2.58. The van der Waals surface area contributed by atoms with Crippen molar-refractivity contribution in [3.8, 4) is 0 Å². The quantitative estimate of drug-likeness (QED) is 0.814. The Morgan fingerprint density at radius 2 is 1.93 bits per heavy atom. The Morgan fingerprint density at radius 1 is 1.33 bits per heavy atom. The molecule has 1 atom stereocenters. The van der Waals surface area contributed by atoms with Gasteiger partial charge in [0.25, 0.3) is 5.56 Å². The Labute approximate surface area is 90.5 Å². The van der Waals surface area contributed by atoms with E-state index in [0.29, 0.717) is 17.9 Å². The van der Waals surface area contributed by atoms with Gasteiger partial charge in [0.2, 0.25) is 0 Å². The van der Waals surface area contributed by atoms with Gasteiger partial charge in [-0.2, -0.15) is 0 Å². The molecule has 1 fully saturated rings. The lowest BCUT2D eigenvalue weighted by molar-refractivity contribution is 0.426. The van der Waals surface area contributed by atoms with Crippen molar-refractivity contribution in [3.63, 3.8) is 0 Å². The van der Waals surface area contributed by atoms with Crippen molar-refractivity contribution in [1.29, 1.82) is 0 Å². The Hall–Kier alpha value is -0.990. The van der Waals surface area contributed by atoms with Crippen molar-refractivity contribution >= 4 is 0 Å². The standard InChI is InChI=1S/C12H20N2O/c1-7(2)11-8(3)13-14(12(11)15)9(4)10-5-6-10/h7,9-10,13H,5-6H2,1-4H3. The largest absolute Gasteiger partial charge is 0.299 e. The van der Waals surface area contributed by atoms with Crippen molar-refractivity contribution < 1.29 is 0 Å². The minimum absolute atomic E-state index is 0.182. The molecule has 0 aromatic carbocycles. The third kappa shape index (κ3) is 1.75. The second-order valence-electron chi connectivity index (χ2n) is 5.06. The van der Waals surface area contributed by atoms with Crippen molar-refractivity contribution in [1.82, 2.24) is 9.78 Å². The molecule has 1 saturated carbocycles. The molecule has 0 spiro atoms. The summed E-state index contributed by atoms with van der Waals surface area (Å²) in [7, 11) is 0. The van der Waals surface area contributed by atoms with E-state index in [0.717, 1.165) is 11.3 Å². The maximum atomic E-state index is 12.1. The number of hydrogen-bond acceptors (Lipinski definition) is 1. The van der Waals surface area contributed by atoms with Crippen LogP contribution in [-0.2, 0) is 0 Å². The van der Waals surface area contributed by atoms with Crippen molar-refractivity contribution in [3.05, 3.63) is 21.6 Å². The average molecular weight is 208 g/mol. The van der Waals surface area contributed by atoms with E-state index in [9.17, 15) is 4.79 Å². The van der Waals surface area contributed by atoms with Gasteiger partial charge >= 0.3 is 0 Å². The number of aromatic amines is 1. The molecule has 1 aliphatic carbocycles. The summed E-state index contributed by atoms with van der Waals surface area (Å²) in [4.78, 5) is 12.1. The highest BCUT2D eigenvalue weighted by molar-refractivity contribution is 5.20. The molecule has 0 bridgehead atoms. The van der Waals surface area contributed by atoms with E-state index >= 15 is 0 Å². The first-order valence-corrected chi connectivity index (χ1v) is 5.83. The molecule has 84 valence electrons. The fraction of sp³-hybridized carbons (Fsp3) is 0.750. The second kappa shape index (κ2) is 3.54.